The monoisotopic (exact) mass is 335 g/mol. The van der Waals surface area contributed by atoms with Gasteiger partial charge < -0.3 is 10.6 Å². The molecule has 0 aliphatic rings. The van der Waals surface area contributed by atoms with Crippen molar-refractivity contribution in [1.82, 2.24) is 4.98 Å². The molecule has 2 N–H and O–H groups in total. The lowest BCUT2D eigenvalue weighted by atomic mass is 10.3. The maximum absolute atomic E-state index is 12.3. The van der Waals surface area contributed by atoms with Gasteiger partial charge in [0.1, 0.15) is 0 Å². The summed E-state index contributed by atoms with van der Waals surface area (Å²) in [5.74, 6) is -0.178. The van der Waals surface area contributed by atoms with Crippen LogP contribution < -0.4 is 10.6 Å². The van der Waals surface area contributed by atoms with Crippen molar-refractivity contribution in [2.75, 3.05) is 10.6 Å². The molecule has 0 saturated carbocycles. The molecule has 0 saturated heterocycles. The fourth-order valence-corrected chi connectivity index (χ4v) is 3.35. The SMILES string of the molecule is CCC(Sc1cccc(NC(C)=O)c1)C(=O)Nc1nccs1. The fourth-order valence-electron chi connectivity index (χ4n) is 1.81. The van der Waals surface area contributed by atoms with Gasteiger partial charge in [-0.3, -0.25) is 9.59 Å². The Hall–Kier alpha value is -1.86. The van der Waals surface area contributed by atoms with E-state index in [0.717, 1.165) is 10.6 Å². The van der Waals surface area contributed by atoms with Crippen molar-refractivity contribution in [2.24, 2.45) is 0 Å². The first kappa shape index (κ1) is 16.5. The first-order valence-corrected chi connectivity index (χ1v) is 8.59. The summed E-state index contributed by atoms with van der Waals surface area (Å²) in [6.07, 6.45) is 2.36. The molecule has 5 nitrogen and oxygen atoms in total. The van der Waals surface area contributed by atoms with Gasteiger partial charge in [0.2, 0.25) is 11.8 Å². The zero-order chi connectivity index (χ0) is 15.9. The Bertz CT molecular complexity index is 644. The van der Waals surface area contributed by atoms with E-state index in [1.165, 1.54) is 30.0 Å². The van der Waals surface area contributed by atoms with Crippen molar-refractivity contribution in [3.05, 3.63) is 35.8 Å². The third-order valence-corrected chi connectivity index (χ3v) is 4.80. The summed E-state index contributed by atoms with van der Waals surface area (Å²) in [5.41, 5.74) is 0.729. The van der Waals surface area contributed by atoms with E-state index in [-0.39, 0.29) is 17.1 Å². The van der Waals surface area contributed by atoms with Crippen LogP contribution >= 0.6 is 23.1 Å². The standard InChI is InChI=1S/C15H17N3O2S2/c1-3-13(14(20)18-15-16-7-8-21-15)22-12-6-4-5-11(9-12)17-10(2)19/h4-9,13H,3H2,1-2H3,(H,17,19)(H,16,18,20). The smallest absolute Gasteiger partial charge is 0.239 e. The van der Waals surface area contributed by atoms with E-state index in [1.807, 2.05) is 36.6 Å². The molecule has 7 heteroatoms. The molecule has 2 aromatic rings. The number of carbonyl (C=O) groups is 2. The van der Waals surface area contributed by atoms with E-state index in [1.54, 1.807) is 6.20 Å². The number of rotatable bonds is 6. The van der Waals surface area contributed by atoms with E-state index in [4.69, 9.17) is 0 Å². The maximum atomic E-state index is 12.3. The number of nitrogens with zero attached hydrogens (tertiary/aromatic N) is 1. The number of nitrogens with one attached hydrogen (secondary N) is 2. The zero-order valence-corrected chi connectivity index (χ0v) is 14.0. The van der Waals surface area contributed by atoms with Gasteiger partial charge in [0.15, 0.2) is 5.13 Å². The highest BCUT2D eigenvalue weighted by molar-refractivity contribution is 8.00. The molecule has 22 heavy (non-hydrogen) atoms. The number of benzene rings is 1. The van der Waals surface area contributed by atoms with Gasteiger partial charge in [-0.2, -0.15) is 0 Å². The number of amides is 2. The summed E-state index contributed by atoms with van der Waals surface area (Å²) in [4.78, 5) is 28.4. The predicted octanol–water partition coefficient (Wildman–Crippen LogP) is 3.61. The quantitative estimate of drug-likeness (QED) is 0.791. The van der Waals surface area contributed by atoms with Crippen LogP contribution in [0.15, 0.2) is 40.7 Å². The zero-order valence-electron chi connectivity index (χ0n) is 12.3. The number of hydrogen-bond donors (Lipinski definition) is 2. The molecule has 0 aliphatic carbocycles. The van der Waals surface area contributed by atoms with E-state index in [9.17, 15) is 9.59 Å². The molecule has 0 fully saturated rings. The minimum absolute atomic E-state index is 0.0626. The van der Waals surface area contributed by atoms with Crippen molar-refractivity contribution in [2.45, 2.75) is 30.4 Å². The van der Waals surface area contributed by atoms with Crippen LogP contribution in [0.3, 0.4) is 0 Å². The van der Waals surface area contributed by atoms with Gasteiger partial charge in [-0.1, -0.05) is 13.0 Å². The Morgan fingerprint density at radius 1 is 1.36 bits per heavy atom. The van der Waals surface area contributed by atoms with Crippen molar-refractivity contribution < 1.29 is 9.59 Å². The Labute approximate surface area is 137 Å². The van der Waals surface area contributed by atoms with Crippen LogP contribution in [0.4, 0.5) is 10.8 Å². The maximum Gasteiger partial charge on any atom is 0.239 e. The summed E-state index contributed by atoms with van der Waals surface area (Å²) < 4.78 is 0. The van der Waals surface area contributed by atoms with E-state index >= 15 is 0 Å². The second kappa shape index (κ2) is 7.95. The Kier molecular flexibility index (Phi) is 5.97. The molecular formula is C15H17N3O2S2. The molecule has 1 aromatic heterocycles. The molecule has 0 bridgehead atoms. The molecule has 1 unspecified atom stereocenters. The summed E-state index contributed by atoms with van der Waals surface area (Å²) in [6, 6.07) is 7.47. The van der Waals surface area contributed by atoms with Crippen LogP contribution in [0.5, 0.6) is 0 Å². The van der Waals surface area contributed by atoms with Gasteiger partial charge in [-0.25, -0.2) is 4.98 Å². The molecule has 2 rings (SSSR count). The number of hydrogen-bond acceptors (Lipinski definition) is 5. The van der Waals surface area contributed by atoms with Crippen molar-refractivity contribution in [3.63, 3.8) is 0 Å². The molecule has 2 amide bonds. The normalized spacial score (nSPS) is 11.7. The van der Waals surface area contributed by atoms with Crippen LogP contribution in [-0.2, 0) is 9.59 Å². The molecule has 116 valence electrons. The third kappa shape index (κ3) is 4.85. The Balaban J connectivity index is 2.03. The Morgan fingerprint density at radius 2 is 2.18 bits per heavy atom. The molecular weight excluding hydrogens is 318 g/mol. The Morgan fingerprint density at radius 3 is 2.82 bits per heavy atom. The highest BCUT2D eigenvalue weighted by Crippen LogP contribution is 2.28. The van der Waals surface area contributed by atoms with E-state index < -0.39 is 0 Å². The lowest BCUT2D eigenvalue weighted by Crippen LogP contribution is -2.24. The van der Waals surface area contributed by atoms with Gasteiger partial charge in [-0.15, -0.1) is 23.1 Å². The average molecular weight is 335 g/mol. The summed E-state index contributed by atoms with van der Waals surface area (Å²) in [5, 5.41) is 7.77. The van der Waals surface area contributed by atoms with Crippen molar-refractivity contribution in [3.8, 4) is 0 Å². The van der Waals surface area contributed by atoms with Crippen LogP contribution in [0.1, 0.15) is 20.3 Å². The van der Waals surface area contributed by atoms with Gasteiger partial charge in [0, 0.05) is 29.1 Å². The minimum atomic E-state index is -0.212. The summed E-state index contributed by atoms with van der Waals surface area (Å²) in [7, 11) is 0. The highest BCUT2D eigenvalue weighted by Gasteiger charge is 2.19. The van der Waals surface area contributed by atoms with Crippen molar-refractivity contribution in [1.29, 1.82) is 0 Å². The largest absolute Gasteiger partial charge is 0.326 e. The highest BCUT2D eigenvalue weighted by atomic mass is 32.2. The van der Waals surface area contributed by atoms with Crippen LogP contribution in [-0.4, -0.2) is 22.0 Å². The first-order valence-electron chi connectivity index (χ1n) is 6.83. The van der Waals surface area contributed by atoms with Crippen LogP contribution in [0.2, 0.25) is 0 Å². The number of thioether (sulfide) groups is 1. The molecule has 1 aromatic carbocycles. The van der Waals surface area contributed by atoms with Gasteiger partial charge in [0.25, 0.3) is 0 Å². The van der Waals surface area contributed by atoms with Gasteiger partial charge >= 0.3 is 0 Å². The molecule has 0 spiro atoms. The predicted molar refractivity (Wildman–Crippen MR) is 91.4 cm³/mol. The second-order valence-corrected chi connectivity index (χ2v) is 6.72. The van der Waals surface area contributed by atoms with E-state index in [0.29, 0.717) is 11.6 Å². The topological polar surface area (TPSA) is 71.1 Å². The number of aromatic nitrogens is 1. The molecule has 0 radical (unpaired) electrons. The molecule has 0 aliphatic heterocycles. The minimum Gasteiger partial charge on any atom is -0.326 e. The van der Waals surface area contributed by atoms with Gasteiger partial charge in [0.05, 0.1) is 5.25 Å². The van der Waals surface area contributed by atoms with E-state index in [2.05, 4.69) is 15.6 Å². The average Bonchev–Trinajstić information content (AvgIpc) is 2.97. The van der Waals surface area contributed by atoms with Crippen LogP contribution in [0, 0.1) is 0 Å². The number of anilines is 2. The summed E-state index contributed by atoms with van der Waals surface area (Å²) in [6.45, 7) is 3.44. The lowest BCUT2D eigenvalue weighted by molar-refractivity contribution is -0.116. The second-order valence-electron chi connectivity index (χ2n) is 4.55. The van der Waals surface area contributed by atoms with Gasteiger partial charge in [-0.05, 0) is 24.6 Å². The number of carbonyl (C=O) groups excluding carboxylic acids is 2. The molecule has 1 heterocycles. The first-order chi connectivity index (χ1) is 10.6. The lowest BCUT2D eigenvalue weighted by Gasteiger charge is -2.14. The number of thiazole rings is 1. The fraction of sp³-hybridized carbons (Fsp3) is 0.267. The third-order valence-electron chi connectivity index (χ3n) is 2.76. The van der Waals surface area contributed by atoms with Crippen molar-refractivity contribution >= 4 is 45.7 Å². The van der Waals surface area contributed by atoms with Crippen LogP contribution in [0.25, 0.3) is 0 Å². The summed E-state index contributed by atoms with van der Waals surface area (Å²) >= 11 is 2.87. The molecule has 1 atom stereocenters.